The number of hydrogen-bond donors (Lipinski definition) is 0. The van der Waals surface area contributed by atoms with Gasteiger partial charge in [0.15, 0.2) is 0 Å². The molecule has 0 aromatic carbocycles. The summed E-state index contributed by atoms with van der Waals surface area (Å²) in [6, 6.07) is 2.88. The summed E-state index contributed by atoms with van der Waals surface area (Å²) in [6.45, 7) is 6.97. The molecule has 0 saturated heterocycles. The standard InChI is InChI=1S/C7H13Si/c1-6-4-8(3)5-7(6)2/h4-5H2,1-3H3/q+1. The molecule has 0 nitrogen and oxygen atoms in total. The summed E-state index contributed by atoms with van der Waals surface area (Å²) in [4.78, 5) is 0. The third kappa shape index (κ3) is 1.02. The number of rotatable bonds is 0. The maximum Gasteiger partial charge on any atom is 0.320 e. The van der Waals surface area contributed by atoms with E-state index < -0.39 is 0 Å². The minimum atomic E-state index is 0.0715. The number of hydrogen-bond acceptors (Lipinski definition) is 0. The van der Waals surface area contributed by atoms with Gasteiger partial charge in [-0.25, -0.2) is 0 Å². The first-order chi connectivity index (χ1) is 3.70. The minimum absolute atomic E-state index is 0.0715. The van der Waals surface area contributed by atoms with Crippen LogP contribution >= 0.6 is 0 Å². The molecule has 0 saturated carbocycles. The fourth-order valence-corrected chi connectivity index (χ4v) is 3.81. The average molecular weight is 125 g/mol. The van der Waals surface area contributed by atoms with Crippen LogP contribution in [0.1, 0.15) is 13.8 Å². The highest BCUT2D eigenvalue weighted by molar-refractivity contribution is 6.59. The molecular formula is C7H13Si+. The summed E-state index contributed by atoms with van der Waals surface area (Å²) < 4.78 is 0. The second-order valence-electron chi connectivity index (χ2n) is 2.87. The zero-order chi connectivity index (χ0) is 6.15. The molecule has 0 fully saturated rings. The molecule has 1 aliphatic rings. The van der Waals surface area contributed by atoms with Crippen LogP contribution in [-0.4, -0.2) is 8.80 Å². The Labute approximate surface area is 53.2 Å². The van der Waals surface area contributed by atoms with Crippen LogP contribution in [0.2, 0.25) is 18.6 Å². The fourth-order valence-electron chi connectivity index (χ4n) is 1.27. The molecular weight excluding hydrogens is 112 g/mol. The van der Waals surface area contributed by atoms with Gasteiger partial charge in [-0.05, 0) is 25.0 Å². The SMILES string of the molecule is CC1=C(C)C[Si+](C)C1. The van der Waals surface area contributed by atoms with Gasteiger partial charge in [0, 0.05) is 0 Å². The van der Waals surface area contributed by atoms with Gasteiger partial charge >= 0.3 is 8.80 Å². The predicted molar refractivity (Wildman–Crippen MR) is 39.6 cm³/mol. The van der Waals surface area contributed by atoms with Crippen LogP contribution in [0.15, 0.2) is 11.1 Å². The molecule has 1 heteroatoms. The van der Waals surface area contributed by atoms with Crippen molar-refractivity contribution in [3.05, 3.63) is 11.1 Å². The van der Waals surface area contributed by atoms with E-state index in [9.17, 15) is 0 Å². The van der Waals surface area contributed by atoms with Gasteiger partial charge in [0.25, 0.3) is 0 Å². The molecule has 0 bridgehead atoms. The predicted octanol–water partition coefficient (Wildman–Crippen LogP) is 2.46. The normalized spacial score (nSPS) is 20.6. The van der Waals surface area contributed by atoms with Crippen molar-refractivity contribution < 1.29 is 0 Å². The minimum Gasteiger partial charge on any atom is -0.0417 e. The largest absolute Gasteiger partial charge is 0.320 e. The first kappa shape index (κ1) is 6.08. The molecule has 0 radical (unpaired) electrons. The maximum atomic E-state index is 2.42. The highest BCUT2D eigenvalue weighted by Gasteiger charge is 2.28. The van der Waals surface area contributed by atoms with Crippen molar-refractivity contribution in [2.24, 2.45) is 0 Å². The second kappa shape index (κ2) is 2.06. The van der Waals surface area contributed by atoms with E-state index in [2.05, 4.69) is 20.4 Å². The lowest BCUT2D eigenvalue weighted by atomic mass is 10.2. The molecule has 0 spiro atoms. The third-order valence-corrected chi connectivity index (χ3v) is 4.13. The van der Waals surface area contributed by atoms with Crippen molar-refractivity contribution in [1.29, 1.82) is 0 Å². The van der Waals surface area contributed by atoms with Gasteiger partial charge in [0.1, 0.15) is 0 Å². The topological polar surface area (TPSA) is 0 Å². The molecule has 0 aromatic heterocycles. The van der Waals surface area contributed by atoms with Gasteiger partial charge in [-0.3, -0.25) is 0 Å². The van der Waals surface area contributed by atoms with Gasteiger partial charge in [0.05, 0.1) is 18.6 Å². The number of allylic oxidation sites excluding steroid dienone is 2. The van der Waals surface area contributed by atoms with Gasteiger partial charge < -0.3 is 0 Å². The zero-order valence-electron chi connectivity index (χ0n) is 5.91. The van der Waals surface area contributed by atoms with Gasteiger partial charge in [-0.2, -0.15) is 0 Å². The van der Waals surface area contributed by atoms with Crippen molar-refractivity contribution in [2.75, 3.05) is 0 Å². The lowest BCUT2D eigenvalue weighted by molar-refractivity contribution is 1.28. The Balaban J connectivity index is 2.60. The first-order valence-corrected chi connectivity index (χ1v) is 5.58. The summed E-state index contributed by atoms with van der Waals surface area (Å²) in [6.07, 6.45) is 0. The summed E-state index contributed by atoms with van der Waals surface area (Å²) >= 11 is 0. The van der Waals surface area contributed by atoms with Crippen LogP contribution in [0.5, 0.6) is 0 Å². The van der Waals surface area contributed by atoms with E-state index in [1.165, 1.54) is 12.1 Å². The van der Waals surface area contributed by atoms with Gasteiger partial charge in [-0.15, -0.1) is 0 Å². The van der Waals surface area contributed by atoms with E-state index in [0.717, 1.165) is 0 Å². The molecule has 0 atom stereocenters. The van der Waals surface area contributed by atoms with Gasteiger partial charge in [-0.1, -0.05) is 0 Å². The third-order valence-electron chi connectivity index (χ3n) is 1.86. The monoisotopic (exact) mass is 125 g/mol. The quantitative estimate of drug-likeness (QED) is 0.344. The molecule has 44 valence electrons. The van der Waals surface area contributed by atoms with Crippen LogP contribution in [0.25, 0.3) is 0 Å². The highest BCUT2D eigenvalue weighted by atomic mass is 28.3. The van der Waals surface area contributed by atoms with E-state index in [4.69, 9.17) is 0 Å². The lowest BCUT2D eigenvalue weighted by Crippen LogP contribution is -1.97. The van der Waals surface area contributed by atoms with Crippen LogP contribution in [-0.2, 0) is 0 Å². The first-order valence-electron chi connectivity index (χ1n) is 3.16. The van der Waals surface area contributed by atoms with Crippen LogP contribution in [0.3, 0.4) is 0 Å². The van der Waals surface area contributed by atoms with Crippen molar-refractivity contribution in [1.82, 2.24) is 0 Å². The molecule has 1 rings (SSSR count). The maximum absolute atomic E-state index is 2.42. The van der Waals surface area contributed by atoms with E-state index >= 15 is 0 Å². The molecule has 0 aliphatic carbocycles. The summed E-state index contributed by atoms with van der Waals surface area (Å²) in [5.41, 5.74) is 3.34. The van der Waals surface area contributed by atoms with E-state index in [-0.39, 0.29) is 8.80 Å². The van der Waals surface area contributed by atoms with E-state index in [0.29, 0.717) is 0 Å². The molecule has 1 aliphatic heterocycles. The fraction of sp³-hybridized carbons (Fsp3) is 0.714. The second-order valence-corrected chi connectivity index (χ2v) is 5.49. The molecule has 0 aromatic rings. The zero-order valence-corrected chi connectivity index (χ0v) is 6.91. The molecule has 0 N–H and O–H groups in total. The molecule has 0 amide bonds. The van der Waals surface area contributed by atoms with Gasteiger partial charge in [0.2, 0.25) is 0 Å². The Morgan fingerprint density at radius 1 is 1.12 bits per heavy atom. The molecule has 1 heterocycles. The lowest BCUT2D eigenvalue weighted by Gasteiger charge is -1.83. The Hall–Kier alpha value is -0.0431. The van der Waals surface area contributed by atoms with E-state index in [1.54, 1.807) is 11.1 Å². The van der Waals surface area contributed by atoms with Crippen molar-refractivity contribution >= 4 is 8.80 Å². The van der Waals surface area contributed by atoms with Crippen molar-refractivity contribution in [2.45, 2.75) is 32.5 Å². The summed E-state index contributed by atoms with van der Waals surface area (Å²) in [5, 5.41) is 0. The Kier molecular flexibility index (Phi) is 1.56. The summed E-state index contributed by atoms with van der Waals surface area (Å²) in [7, 11) is 0.0715. The summed E-state index contributed by atoms with van der Waals surface area (Å²) in [5.74, 6) is 0. The van der Waals surface area contributed by atoms with Crippen LogP contribution < -0.4 is 0 Å². The Morgan fingerprint density at radius 3 is 1.62 bits per heavy atom. The highest BCUT2D eigenvalue weighted by Crippen LogP contribution is 2.25. The Bertz CT molecular complexity index is 110. The molecule has 0 unspecified atom stereocenters. The van der Waals surface area contributed by atoms with Crippen molar-refractivity contribution in [3.63, 3.8) is 0 Å². The van der Waals surface area contributed by atoms with Crippen LogP contribution in [0.4, 0.5) is 0 Å². The smallest absolute Gasteiger partial charge is 0.0417 e. The molecule has 8 heavy (non-hydrogen) atoms. The van der Waals surface area contributed by atoms with E-state index in [1.807, 2.05) is 0 Å². The Morgan fingerprint density at radius 2 is 1.50 bits per heavy atom. The van der Waals surface area contributed by atoms with Crippen molar-refractivity contribution in [3.8, 4) is 0 Å². The average Bonchev–Trinajstić information content (AvgIpc) is 1.85. The van der Waals surface area contributed by atoms with Crippen LogP contribution in [0, 0.1) is 0 Å².